The van der Waals surface area contributed by atoms with E-state index in [1.165, 1.54) is 70.6 Å². The molecular weight excluding hydrogens is 715 g/mol. The average Bonchev–Trinajstić information content (AvgIpc) is 3.25. The number of Topliss-reactive ketones (excluding diaryl/α,β-unsaturated/α-hetero) is 1. The lowest BCUT2D eigenvalue weighted by atomic mass is 9.85. The van der Waals surface area contributed by atoms with Gasteiger partial charge in [0.2, 0.25) is 10.0 Å². The summed E-state index contributed by atoms with van der Waals surface area (Å²) in [6, 6.07) is 1.67. The van der Waals surface area contributed by atoms with Crippen LogP contribution in [0.2, 0.25) is 0 Å². The Hall–Kier alpha value is -3.52. The van der Waals surface area contributed by atoms with Gasteiger partial charge in [0.1, 0.15) is 12.4 Å². The fourth-order valence-corrected chi connectivity index (χ4v) is 7.42. The number of nitrogens with zero attached hydrogens (tertiary/aromatic N) is 1. The van der Waals surface area contributed by atoms with Crippen LogP contribution in [0, 0.1) is 11.3 Å². The molecule has 0 spiro atoms. The molecule has 54 heavy (non-hydrogen) atoms. The van der Waals surface area contributed by atoms with Gasteiger partial charge in [0.15, 0.2) is 17.4 Å². The molecule has 1 aromatic rings. The Morgan fingerprint density at radius 1 is 0.907 bits per heavy atom. The Labute approximate surface area is 323 Å². The molecule has 1 fully saturated rings. The van der Waals surface area contributed by atoms with Crippen molar-refractivity contribution in [3.05, 3.63) is 23.8 Å². The van der Waals surface area contributed by atoms with Gasteiger partial charge in [0.05, 0.1) is 29.1 Å². The Kier molecular flexibility index (Phi) is 18.1. The van der Waals surface area contributed by atoms with Crippen LogP contribution < -0.4 is 14.8 Å². The van der Waals surface area contributed by atoms with E-state index in [1.54, 1.807) is 34.6 Å². The molecule has 0 saturated carbocycles. The Balaban J connectivity index is 2.14. The van der Waals surface area contributed by atoms with Crippen LogP contribution in [0.3, 0.4) is 0 Å². The Morgan fingerprint density at radius 3 is 1.98 bits per heavy atom. The van der Waals surface area contributed by atoms with E-state index in [2.05, 4.69) is 17.0 Å². The molecule has 14 heteroatoms. The molecule has 1 aliphatic rings. The number of esters is 1. The first-order chi connectivity index (χ1) is 25.1. The summed E-state index contributed by atoms with van der Waals surface area (Å²) in [4.78, 5) is 66.9. The van der Waals surface area contributed by atoms with Crippen LogP contribution in [-0.4, -0.2) is 79.1 Å². The molecule has 2 N–H and O–H groups in total. The summed E-state index contributed by atoms with van der Waals surface area (Å²) in [5.41, 5.74) is -2.53. The minimum absolute atomic E-state index is 0.00218. The topological polar surface area (TPSA) is 174 Å². The molecule has 0 radical (unpaired) electrons. The van der Waals surface area contributed by atoms with Crippen molar-refractivity contribution in [1.29, 1.82) is 0 Å². The molecule has 1 aromatic carbocycles. The number of ether oxygens (including phenoxy) is 3. The second-order valence-corrected chi connectivity index (χ2v) is 18.4. The molecule has 13 nitrogen and oxygen atoms in total. The second-order valence-electron chi connectivity index (χ2n) is 16.5. The molecule has 306 valence electrons. The fourth-order valence-electron chi connectivity index (χ4n) is 6.05. The smallest absolute Gasteiger partial charge is 0.418 e. The van der Waals surface area contributed by atoms with E-state index in [-0.39, 0.29) is 35.3 Å². The van der Waals surface area contributed by atoms with Crippen molar-refractivity contribution in [2.24, 2.45) is 11.3 Å². The van der Waals surface area contributed by atoms with Crippen molar-refractivity contribution in [2.75, 3.05) is 17.7 Å². The number of unbranched alkanes of at least 4 members (excludes halogenated alkanes) is 9. The number of carbonyl (C=O) groups is 5. The summed E-state index contributed by atoms with van der Waals surface area (Å²) in [6.07, 6.45) is 9.88. The highest BCUT2D eigenvalue weighted by Crippen LogP contribution is 2.32. The quantitative estimate of drug-likeness (QED) is 0.0605. The van der Waals surface area contributed by atoms with Crippen molar-refractivity contribution in [3.63, 3.8) is 0 Å². The molecule has 0 aromatic heterocycles. The lowest BCUT2D eigenvalue weighted by Gasteiger charge is -2.28. The molecule has 3 amide bonds. The highest BCUT2D eigenvalue weighted by Gasteiger charge is 2.55. The lowest BCUT2D eigenvalue weighted by molar-refractivity contribution is -0.145. The first-order valence-corrected chi connectivity index (χ1v) is 21.1. The lowest BCUT2D eigenvalue weighted by Crippen LogP contribution is -2.55. The highest BCUT2D eigenvalue weighted by atomic mass is 32.2. The van der Waals surface area contributed by atoms with E-state index >= 15 is 0 Å². The van der Waals surface area contributed by atoms with Crippen LogP contribution in [0.15, 0.2) is 18.2 Å². The van der Waals surface area contributed by atoms with E-state index in [4.69, 9.17) is 14.2 Å². The maximum Gasteiger partial charge on any atom is 0.418 e. The Bertz CT molecular complexity index is 1550. The molecule has 1 saturated heterocycles. The molecule has 2 atom stereocenters. The third-order valence-corrected chi connectivity index (χ3v) is 10.4. The number of imide groups is 1. The predicted octanol–water partition coefficient (Wildman–Crippen LogP) is 7.57. The number of carbonyl (C=O) groups excluding carboxylic acids is 5. The Morgan fingerprint density at radius 2 is 1.48 bits per heavy atom. The molecule has 1 aliphatic heterocycles. The number of hydrogen-bond donors (Lipinski definition) is 2. The van der Waals surface area contributed by atoms with Gasteiger partial charge in [-0.2, -0.15) is 0 Å². The molecule has 1 heterocycles. The number of rotatable bonds is 24. The first-order valence-electron chi connectivity index (χ1n) is 19.5. The number of nitrogens with one attached hydrogen (secondary N) is 2. The van der Waals surface area contributed by atoms with Crippen LogP contribution in [0.1, 0.15) is 150 Å². The van der Waals surface area contributed by atoms with Gasteiger partial charge in [-0.1, -0.05) is 99.3 Å². The largest absolute Gasteiger partial charge is 0.489 e. The second kappa shape index (κ2) is 21.0. The number of anilines is 1. The molecule has 0 aliphatic carbocycles. The standard InChI is InChI=1S/C40H65N3O10S/c1-11-12-13-14-15-16-17-18-19-20-23-54(49,50)42-30(24-27(2)3)26-51-36(46)29-21-22-31(32(25-29)52-28(4)5)41-35(45)33(34(44)39(6,7)8)43-37(47)40(9,10)53-38(43)48/h21-22,25,27-28,30,33,42H,11-20,23-24,26H2,1-10H3,(H,41,45). The van der Waals surface area contributed by atoms with E-state index in [1.807, 2.05) is 13.8 Å². The zero-order valence-electron chi connectivity index (χ0n) is 34.2. The maximum absolute atomic E-state index is 13.8. The van der Waals surface area contributed by atoms with E-state index in [0.29, 0.717) is 17.7 Å². The van der Waals surface area contributed by atoms with Crippen LogP contribution in [0.25, 0.3) is 0 Å². The number of ketones is 1. The molecule has 2 unspecified atom stereocenters. The van der Waals surface area contributed by atoms with Gasteiger partial charge in [-0.05, 0) is 64.7 Å². The van der Waals surface area contributed by atoms with Crippen LogP contribution in [-0.2, 0) is 33.9 Å². The van der Waals surface area contributed by atoms with Crippen molar-refractivity contribution in [2.45, 2.75) is 164 Å². The first kappa shape index (κ1) is 46.6. The molecule has 2 rings (SSSR count). The summed E-state index contributed by atoms with van der Waals surface area (Å²) < 4.78 is 45.3. The van der Waals surface area contributed by atoms with Crippen LogP contribution >= 0.6 is 0 Å². The van der Waals surface area contributed by atoms with Crippen molar-refractivity contribution < 1.29 is 46.6 Å². The van der Waals surface area contributed by atoms with E-state index in [0.717, 1.165) is 19.3 Å². The SMILES string of the molecule is CCCCCCCCCCCCS(=O)(=O)NC(COC(=O)c1ccc(NC(=O)C(C(=O)C(C)(C)C)N2C(=O)OC(C)(C)C2=O)c(OC(C)C)c1)CC(C)C. The monoisotopic (exact) mass is 779 g/mol. The predicted molar refractivity (Wildman–Crippen MR) is 209 cm³/mol. The van der Waals surface area contributed by atoms with Gasteiger partial charge >= 0.3 is 12.1 Å². The van der Waals surface area contributed by atoms with Gasteiger partial charge in [0, 0.05) is 5.41 Å². The van der Waals surface area contributed by atoms with E-state index < -0.39 is 68.9 Å². The number of cyclic esters (lactones) is 1. The van der Waals surface area contributed by atoms with Gasteiger partial charge < -0.3 is 19.5 Å². The number of hydrogen-bond acceptors (Lipinski definition) is 10. The van der Waals surface area contributed by atoms with Crippen molar-refractivity contribution in [3.8, 4) is 5.75 Å². The minimum Gasteiger partial charge on any atom is -0.489 e. The zero-order chi connectivity index (χ0) is 40.9. The van der Waals surface area contributed by atoms with Gasteiger partial charge in [-0.25, -0.2) is 27.6 Å². The average molecular weight is 780 g/mol. The third-order valence-electron chi connectivity index (χ3n) is 8.89. The maximum atomic E-state index is 13.8. The van der Waals surface area contributed by atoms with Crippen molar-refractivity contribution >= 4 is 45.4 Å². The van der Waals surface area contributed by atoms with Gasteiger partial charge in [0.25, 0.3) is 11.8 Å². The fraction of sp³-hybridized carbons (Fsp3) is 0.725. The summed E-state index contributed by atoms with van der Waals surface area (Å²) in [6.45, 7) is 16.8. The third kappa shape index (κ3) is 15.0. The number of sulfonamides is 1. The highest BCUT2D eigenvalue weighted by molar-refractivity contribution is 7.89. The van der Waals surface area contributed by atoms with Gasteiger partial charge in [-0.15, -0.1) is 0 Å². The molecular formula is C40H65N3O10S. The minimum atomic E-state index is -3.61. The summed E-state index contributed by atoms with van der Waals surface area (Å²) in [7, 11) is -3.61. The summed E-state index contributed by atoms with van der Waals surface area (Å²) >= 11 is 0. The van der Waals surface area contributed by atoms with Crippen LogP contribution in [0.4, 0.5) is 10.5 Å². The molecule has 0 bridgehead atoms. The summed E-state index contributed by atoms with van der Waals surface area (Å²) in [5, 5.41) is 2.60. The normalized spacial score (nSPS) is 15.7. The summed E-state index contributed by atoms with van der Waals surface area (Å²) in [5.74, 6) is -3.03. The van der Waals surface area contributed by atoms with Crippen molar-refractivity contribution in [1.82, 2.24) is 9.62 Å². The van der Waals surface area contributed by atoms with Crippen LogP contribution in [0.5, 0.6) is 5.75 Å². The number of benzene rings is 1. The van der Waals surface area contributed by atoms with E-state index in [9.17, 15) is 32.4 Å². The number of amides is 3. The van der Waals surface area contributed by atoms with Gasteiger partial charge in [-0.3, -0.25) is 14.4 Å². The zero-order valence-corrected chi connectivity index (χ0v) is 35.0.